The average Bonchev–Trinajstić information content (AvgIpc) is 2.85. The number of esters is 1. The van der Waals surface area contributed by atoms with Crippen molar-refractivity contribution in [2.75, 3.05) is 7.11 Å². The first-order valence-electron chi connectivity index (χ1n) is 6.88. The molecule has 2 rings (SSSR count). The minimum Gasteiger partial charge on any atom is -0.467 e. The molecule has 1 unspecified atom stereocenters. The van der Waals surface area contributed by atoms with E-state index in [1.807, 2.05) is 49.9 Å². The molecular formula is C16H20N2O3. The third-order valence-corrected chi connectivity index (χ3v) is 3.58. The highest BCUT2D eigenvalue weighted by atomic mass is 16.5. The largest absolute Gasteiger partial charge is 0.467 e. The van der Waals surface area contributed by atoms with Crippen LogP contribution in [0.15, 0.2) is 30.5 Å². The maximum absolute atomic E-state index is 12.5. The fourth-order valence-corrected chi connectivity index (χ4v) is 2.34. The van der Waals surface area contributed by atoms with Gasteiger partial charge in [-0.1, -0.05) is 19.9 Å². The highest BCUT2D eigenvalue weighted by Crippen LogP contribution is 2.20. The van der Waals surface area contributed by atoms with Gasteiger partial charge >= 0.3 is 5.97 Å². The summed E-state index contributed by atoms with van der Waals surface area (Å²) >= 11 is 0. The predicted molar refractivity (Wildman–Crippen MR) is 81.0 cm³/mol. The van der Waals surface area contributed by atoms with Gasteiger partial charge < -0.3 is 14.6 Å². The summed E-state index contributed by atoms with van der Waals surface area (Å²) in [6, 6.07) is 6.78. The predicted octanol–water partition coefficient (Wildman–Crippen LogP) is 2.11. The van der Waals surface area contributed by atoms with Crippen LogP contribution in [0.25, 0.3) is 10.9 Å². The molecule has 1 N–H and O–H groups in total. The molecule has 0 aliphatic carbocycles. The second-order valence-corrected chi connectivity index (χ2v) is 5.38. The number of carbonyl (C=O) groups is 2. The molecule has 1 aromatic heterocycles. The van der Waals surface area contributed by atoms with Crippen molar-refractivity contribution in [2.45, 2.75) is 19.9 Å². The molecule has 0 aliphatic heterocycles. The lowest BCUT2D eigenvalue weighted by atomic mass is 10.0. The number of amides is 1. The summed E-state index contributed by atoms with van der Waals surface area (Å²) in [5.74, 6) is -0.745. The van der Waals surface area contributed by atoms with Gasteiger partial charge in [0.15, 0.2) is 0 Å². The molecule has 0 radical (unpaired) electrons. The highest BCUT2D eigenvalue weighted by Gasteiger charge is 2.26. The Morgan fingerprint density at radius 2 is 1.95 bits per heavy atom. The van der Waals surface area contributed by atoms with E-state index in [0.29, 0.717) is 5.56 Å². The van der Waals surface area contributed by atoms with Crippen LogP contribution < -0.4 is 5.32 Å². The van der Waals surface area contributed by atoms with Crippen molar-refractivity contribution >= 4 is 22.8 Å². The monoisotopic (exact) mass is 288 g/mol. The van der Waals surface area contributed by atoms with Gasteiger partial charge in [-0.3, -0.25) is 4.79 Å². The number of carbonyl (C=O) groups excluding carboxylic acids is 2. The summed E-state index contributed by atoms with van der Waals surface area (Å²) in [7, 11) is 3.25. The second-order valence-electron chi connectivity index (χ2n) is 5.38. The van der Waals surface area contributed by atoms with Crippen LogP contribution in [0.3, 0.4) is 0 Å². The van der Waals surface area contributed by atoms with Crippen molar-refractivity contribution in [3.05, 3.63) is 36.0 Å². The third kappa shape index (κ3) is 2.91. The average molecular weight is 288 g/mol. The molecular weight excluding hydrogens is 268 g/mol. The minimum absolute atomic E-state index is 0.0450. The number of hydrogen-bond donors (Lipinski definition) is 1. The summed E-state index contributed by atoms with van der Waals surface area (Å²) < 4.78 is 6.69. The van der Waals surface area contributed by atoms with Crippen LogP contribution in [0.2, 0.25) is 0 Å². The molecule has 0 aliphatic rings. The van der Waals surface area contributed by atoms with E-state index in [2.05, 4.69) is 5.32 Å². The van der Waals surface area contributed by atoms with Crippen LogP contribution in [0.1, 0.15) is 24.2 Å². The maximum Gasteiger partial charge on any atom is 0.328 e. The van der Waals surface area contributed by atoms with E-state index < -0.39 is 12.0 Å². The summed E-state index contributed by atoms with van der Waals surface area (Å²) in [6.45, 7) is 3.73. The number of nitrogens with one attached hydrogen (secondary N) is 1. The molecule has 5 nitrogen and oxygen atoms in total. The van der Waals surface area contributed by atoms with Gasteiger partial charge in [-0.15, -0.1) is 0 Å². The standard InChI is InChI=1S/C16H20N2O3/c1-10(2)14(16(20)21-4)17-15(19)12-6-5-7-13-11(12)8-9-18(13)3/h5-10,14H,1-4H3,(H,17,19). The van der Waals surface area contributed by atoms with E-state index in [-0.39, 0.29) is 11.8 Å². The lowest BCUT2D eigenvalue weighted by molar-refractivity contribution is -0.144. The third-order valence-electron chi connectivity index (χ3n) is 3.58. The Kier molecular flexibility index (Phi) is 4.31. The van der Waals surface area contributed by atoms with Gasteiger partial charge in [-0.05, 0) is 24.1 Å². The normalized spacial score (nSPS) is 12.4. The van der Waals surface area contributed by atoms with Crippen molar-refractivity contribution in [1.82, 2.24) is 9.88 Å². The van der Waals surface area contributed by atoms with Crippen molar-refractivity contribution in [2.24, 2.45) is 13.0 Å². The van der Waals surface area contributed by atoms with Crippen molar-refractivity contribution in [3.63, 3.8) is 0 Å². The van der Waals surface area contributed by atoms with E-state index >= 15 is 0 Å². The first kappa shape index (κ1) is 15.1. The Hall–Kier alpha value is -2.30. The van der Waals surface area contributed by atoms with E-state index in [1.54, 1.807) is 6.07 Å². The topological polar surface area (TPSA) is 60.3 Å². The summed E-state index contributed by atoms with van der Waals surface area (Å²) in [5, 5.41) is 3.63. The Morgan fingerprint density at radius 3 is 2.57 bits per heavy atom. The fourth-order valence-electron chi connectivity index (χ4n) is 2.34. The summed E-state index contributed by atoms with van der Waals surface area (Å²) in [4.78, 5) is 24.2. The van der Waals surface area contributed by atoms with E-state index in [0.717, 1.165) is 10.9 Å². The Balaban J connectivity index is 2.32. The van der Waals surface area contributed by atoms with Crippen molar-refractivity contribution in [1.29, 1.82) is 0 Å². The van der Waals surface area contributed by atoms with E-state index in [4.69, 9.17) is 4.74 Å². The maximum atomic E-state index is 12.5. The number of nitrogens with zero attached hydrogens (tertiary/aromatic N) is 1. The second kappa shape index (κ2) is 5.99. The Morgan fingerprint density at radius 1 is 1.24 bits per heavy atom. The zero-order valence-corrected chi connectivity index (χ0v) is 12.7. The molecule has 1 aromatic carbocycles. The lowest BCUT2D eigenvalue weighted by Crippen LogP contribution is -2.45. The molecule has 0 fully saturated rings. The van der Waals surface area contributed by atoms with Crippen LogP contribution in [0.4, 0.5) is 0 Å². The van der Waals surface area contributed by atoms with Gasteiger partial charge in [0.05, 0.1) is 7.11 Å². The van der Waals surface area contributed by atoms with Crippen LogP contribution >= 0.6 is 0 Å². The molecule has 0 bridgehead atoms. The van der Waals surface area contributed by atoms with Crippen LogP contribution in [-0.4, -0.2) is 29.6 Å². The molecule has 112 valence electrons. The minimum atomic E-state index is -0.651. The molecule has 1 atom stereocenters. The van der Waals surface area contributed by atoms with Crippen molar-refractivity contribution < 1.29 is 14.3 Å². The van der Waals surface area contributed by atoms with Gasteiger partial charge in [0.25, 0.3) is 5.91 Å². The number of aryl methyl sites for hydroxylation is 1. The van der Waals surface area contributed by atoms with Gasteiger partial charge in [0.2, 0.25) is 0 Å². The van der Waals surface area contributed by atoms with Gasteiger partial charge in [0.1, 0.15) is 6.04 Å². The molecule has 5 heteroatoms. The first-order chi connectivity index (χ1) is 9.95. The quantitative estimate of drug-likeness (QED) is 0.877. The van der Waals surface area contributed by atoms with E-state index in [9.17, 15) is 9.59 Å². The number of methoxy groups -OCH3 is 1. The number of rotatable bonds is 4. The lowest BCUT2D eigenvalue weighted by Gasteiger charge is -2.20. The molecule has 21 heavy (non-hydrogen) atoms. The van der Waals surface area contributed by atoms with Gasteiger partial charge in [-0.2, -0.15) is 0 Å². The molecule has 0 saturated carbocycles. The van der Waals surface area contributed by atoms with E-state index in [1.165, 1.54) is 7.11 Å². The highest BCUT2D eigenvalue weighted by molar-refractivity contribution is 6.07. The van der Waals surface area contributed by atoms with Gasteiger partial charge in [-0.25, -0.2) is 4.79 Å². The Labute approximate surface area is 123 Å². The molecule has 2 aromatic rings. The smallest absolute Gasteiger partial charge is 0.328 e. The Bertz CT molecular complexity index is 673. The number of fused-ring (bicyclic) bond motifs is 1. The molecule has 0 saturated heterocycles. The first-order valence-corrected chi connectivity index (χ1v) is 6.88. The van der Waals surface area contributed by atoms with Crippen LogP contribution in [0.5, 0.6) is 0 Å². The summed E-state index contributed by atoms with van der Waals surface area (Å²) in [6.07, 6.45) is 1.90. The zero-order valence-electron chi connectivity index (χ0n) is 12.7. The number of hydrogen-bond acceptors (Lipinski definition) is 3. The SMILES string of the molecule is COC(=O)C(NC(=O)c1cccc2c1ccn2C)C(C)C. The van der Waals surface area contributed by atoms with Crippen LogP contribution in [0, 0.1) is 5.92 Å². The number of benzene rings is 1. The zero-order chi connectivity index (χ0) is 15.6. The number of aromatic nitrogens is 1. The molecule has 0 spiro atoms. The van der Waals surface area contributed by atoms with Crippen LogP contribution in [-0.2, 0) is 16.6 Å². The number of ether oxygens (including phenoxy) is 1. The molecule has 1 amide bonds. The molecule has 1 heterocycles. The van der Waals surface area contributed by atoms with Crippen molar-refractivity contribution in [3.8, 4) is 0 Å². The fraction of sp³-hybridized carbons (Fsp3) is 0.375. The van der Waals surface area contributed by atoms with Gasteiger partial charge in [0, 0.05) is 29.7 Å². The summed E-state index contributed by atoms with van der Waals surface area (Å²) in [5.41, 5.74) is 1.53.